The van der Waals surface area contributed by atoms with Crippen LogP contribution >= 0.6 is 15.9 Å². The first-order valence-corrected chi connectivity index (χ1v) is 11.0. The van der Waals surface area contributed by atoms with Crippen LogP contribution in [0.4, 0.5) is 0 Å². The molecule has 0 unspecified atom stereocenters. The summed E-state index contributed by atoms with van der Waals surface area (Å²) in [6.07, 6.45) is 0.0336. The monoisotopic (exact) mass is 468 g/mol. The Morgan fingerprint density at radius 2 is 1.83 bits per heavy atom. The summed E-state index contributed by atoms with van der Waals surface area (Å²) in [5, 5.41) is 0.843. The number of carbonyl (C=O) groups excluding carboxylic acids is 1. The van der Waals surface area contributed by atoms with Gasteiger partial charge in [-0.2, -0.15) is 0 Å². The number of amides is 1. The molecule has 6 heteroatoms. The van der Waals surface area contributed by atoms with Gasteiger partial charge in [0.1, 0.15) is 5.75 Å². The molecule has 1 aliphatic heterocycles. The lowest BCUT2D eigenvalue weighted by Gasteiger charge is -2.35. The molecule has 2 aromatic carbocycles. The van der Waals surface area contributed by atoms with E-state index in [0.29, 0.717) is 25.3 Å². The van der Waals surface area contributed by atoms with Crippen LogP contribution in [0.2, 0.25) is 0 Å². The summed E-state index contributed by atoms with van der Waals surface area (Å²) in [6.45, 7) is 7.75. The summed E-state index contributed by atoms with van der Waals surface area (Å²) >= 11 is 3.53. The van der Waals surface area contributed by atoms with Crippen molar-refractivity contribution < 1.29 is 14.3 Å². The molecule has 0 aliphatic carbocycles. The number of carbonyl (C=O) groups is 1. The van der Waals surface area contributed by atoms with Crippen LogP contribution in [0.25, 0.3) is 22.2 Å². The number of aromatic nitrogens is 1. The zero-order chi connectivity index (χ0) is 21.3. The Morgan fingerprint density at radius 3 is 2.50 bits per heavy atom. The van der Waals surface area contributed by atoms with Crippen LogP contribution in [0.15, 0.2) is 53.0 Å². The van der Waals surface area contributed by atoms with E-state index in [9.17, 15) is 4.79 Å². The number of hydrogen-bond donors (Lipinski definition) is 0. The maximum atomic E-state index is 13.5. The van der Waals surface area contributed by atoms with Gasteiger partial charge in [-0.3, -0.25) is 4.79 Å². The average molecular weight is 469 g/mol. The Kier molecular flexibility index (Phi) is 6.06. The molecule has 0 saturated carbocycles. The number of ether oxygens (including phenoxy) is 2. The summed E-state index contributed by atoms with van der Waals surface area (Å²) < 4.78 is 12.3. The molecule has 5 nitrogen and oxygen atoms in total. The van der Waals surface area contributed by atoms with Crippen molar-refractivity contribution in [3.05, 3.63) is 58.6 Å². The fourth-order valence-corrected chi connectivity index (χ4v) is 4.29. The molecule has 1 aromatic heterocycles. The van der Waals surface area contributed by atoms with Crippen molar-refractivity contribution in [1.82, 2.24) is 9.88 Å². The third kappa shape index (κ3) is 4.35. The van der Waals surface area contributed by atoms with E-state index in [2.05, 4.69) is 15.9 Å². The second-order valence-electron chi connectivity index (χ2n) is 7.64. The lowest BCUT2D eigenvalue weighted by Crippen LogP contribution is -2.48. The summed E-state index contributed by atoms with van der Waals surface area (Å²) in [5.41, 5.74) is 3.17. The average Bonchev–Trinajstić information content (AvgIpc) is 2.72. The molecule has 1 aliphatic rings. The van der Waals surface area contributed by atoms with Gasteiger partial charge in [-0.15, -0.1) is 0 Å². The fourth-order valence-electron chi connectivity index (χ4n) is 3.93. The fraction of sp³-hybridized carbons (Fsp3) is 0.333. The molecule has 4 rings (SSSR count). The number of pyridine rings is 1. The first kappa shape index (κ1) is 20.8. The lowest BCUT2D eigenvalue weighted by molar-refractivity contribution is -0.0585. The zero-order valence-electron chi connectivity index (χ0n) is 17.4. The van der Waals surface area contributed by atoms with Crippen LogP contribution in [-0.4, -0.2) is 47.7 Å². The molecule has 2 heterocycles. The van der Waals surface area contributed by atoms with Crippen LogP contribution in [0.3, 0.4) is 0 Å². The minimum absolute atomic E-state index is 0.00897. The van der Waals surface area contributed by atoms with Gasteiger partial charge in [0.05, 0.1) is 35.6 Å². The highest BCUT2D eigenvalue weighted by atomic mass is 79.9. The van der Waals surface area contributed by atoms with Crippen LogP contribution in [0.1, 0.15) is 31.1 Å². The van der Waals surface area contributed by atoms with Gasteiger partial charge in [-0.05, 0) is 69.3 Å². The standard InChI is InChI=1S/C24H25BrN2O3/c1-4-29-19-8-5-17(6-9-19)23-12-21(20-11-18(25)7-10-22(20)26-23)24(28)27-13-15(2)30-16(3)14-27/h5-12,15-16H,4,13-14H2,1-3H3/t15-,16-/m1/s1. The molecule has 3 aromatic rings. The van der Waals surface area contributed by atoms with Crippen molar-refractivity contribution in [2.45, 2.75) is 33.0 Å². The first-order valence-electron chi connectivity index (χ1n) is 10.2. The van der Waals surface area contributed by atoms with Crippen LogP contribution in [0, 0.1) is 0 Å². The SMILES string of the molecule is CCOc1ccc(-c2cc(C(=O)N3C[C@@H](C)O[C@H](C)C3)c3cc(Br)ccc3n2)cc1. The Labute approximate surface area is 185 Å². The first-order chi connectivity index (χ1) is 14.4. The second kappa shape index (κ2) is 8.74. The van der Waals surface area contributed by atoms with Crippen molar-refractivity contribution in [2.75, 3.05) is 19.7 Å². The van der Waals surface area contributed by atoms with Crippen LogP contribution in [-0.2, 0) is 4.74 Å². The van der Waals surface area contributed by atoms with Crippen molar-refractivity contribution >= 4 is 32.7 Å². The number of rotatable bonds is 4. The lowest BCUT2D eigenvalue weighted by atomic mass is 10.0. The van der Waals surface area contributed by atoms with E-state index in [0.717, 1.165) is 32.4 Å². The third-order valence-corrected chi connectivity index (χ3v) is 5.66. The second-order valence-corrected chi connectivity index (χ2v) is 8.56. The Bertz CT molecular complexity index is 1060. The van der Waals surface area contributed by atoms with Crippen LogP contribution in [0.5, 0.6) is 5.75 Å². The molecule has 0 spiro atoms. The smallest absolute Gasteiger partial charge is 0.254 e. The van der Waals surface area contributed by atoms with E-state index in [4.69, 9.17) is 14.5 Å². The van der Waals surface area contributed by atoms with E-state index < -0.39 is 0 Å². The van der Waals surface area contributed by atoms with Gasteiger partial charge in [-0.25, -0.2) is 4.98 Å². The van der Waals surface area contributed by atoms with Crippen molar-refractivity contribution in [2.24, 2.45) is 0 Å². The highest BCUT2D eigenvalue weighted by Crippen LogP contribution is 2.29. The Hall–Kier alpha value is -2.44. The van der Waals surface area contributed by atoms with Gasteiger partial charge in [0.15, 0.2) is 0 Å². The van der Waals surface area contributed by atoms with Crippen molar-refractivity contribution in [1.29, 1.82) is 0 Å². The highest BCUT2D eigenvalue weighted by molar-refractivity contribution is 9.10. The Balaban J connectivity index is 1.79. The molecule has 1 saturated heterocycles. The molecule has 1 fully saturated rings. The topological polar surface area (TPSA) is 51.7 Å². The van der Waals surface area contributed by atoms with Gasteiger partial charge in [0, 0.05) is 28.5 Å². The predicted molar refractivity (Wildman–Crippen MR) is 122 cm³/mol. The van der Waals surface area contributed by atoms with E-state index >= 15 is 0 Å². The number of fused-ring (bicyclic) bond motifs is 1. The van der Waals surface area contributed by atoms with Gasteiger partial charge in [-0.1, -0.05) is 15.9 Å². The minimum atomic E-state index is 0.00897. The third-order valence-electron chi connectivity index (χ3n) is 5.17. The van der Waals surface area contributed by atoms with Gasteiger partial charge >= 0.3 is 0 Å². The van der Waals surface area contributed by atoms with Gasteiger partial charge in [0.2, 0.25) is 0 Å². The predicted octanol–water partition coefficient (Wildman–Crippen LogP) is 5.31. The quantitative estimate of drug-likeness (QED) is 0.520. The summed E-state index contributed by atoms with van der Waals surface area (Å²) in [5.74, 6) is 0.827. The molecular weight excluding hydrogens is 444 g/mol. The van der Waals surface area contributed by atoms with Crippen molar-refractivity contribution in [3.8, 4) is 17.0 Å². The summed E-state index contributed by atoms with van der Waals surface area (Å²) in [6, 6.07) is 15.6. The molecule has 0 N–H and O–H groups in total. The molecule has 156 valence electrons. The van der Waals surface area contributed by atoms with E-state index in [1.54, 1.807) is 0 Å². The number of morpholine rings is 1. The van der Waals surface area contributed by atoms with E-state index in [-0.39, 0.29) is 18.1 Å². The number of halogens is 1. The Morgan fingerprint density at radius 1 is 1.13 bits per heavy atom. The van der Waals surface area contributed by atoms with Gasteiger partial charge in [0.25, 0.3) is 5.91 Å². The molecule has 1 amide bonds. The zero-order valence-corrected chi connectivity index (χ0v) is 19.0. The maximum Gasteiger partial charge on any atom is 0.254 e. The maximum absolute atomic E-state index is 13.5. The molecule has 30 heavy (non-hydrogen) atoms. The van der Waals surface area contributed by atoms with E-state index in [1.807, 2.05) is 74.2 Å². The molecule has 2 atom stereocenters. The number of benzene rings is 2. The minimum Gasteiger partial charge on any atom is -0.494 e. The summed E-state index contributed by atoms with van der Waals surface area (Å²) in [4.78, 5) is 20.3. The summed E-state index contributed by atoms with van der Waals surface area (Å²) in [7, 11) is 0. The number of hydrogen-bond acceptors (Lipinski definition) is 4. The highest BCUT2D eigenvalue weighted by Gasteiger charge is 2.28. The number of nitrogens with zero attached hydrogens (tertiary/aromatic N) is 2. The van der Waals surface area contributed by atoms with Crippen molar-refractivity contribution in [3.63, 3.8) is 0 Å². The normalized spacial score (nSPS) is 19.1. The van der Waals surface area contributed by atoms with Crippen LogP contribution < -0.4 is 4.74 Å². The molecule has 0 bridgehead atoms. The largest absolute Gasteiger partial charge is 0.494 e. The molecule has 0 radical (unpaired) electrons. The van der Waals surface area contributed by atoms with E-state index in [1.165, 1.54) is 0 Å². The van der Waals surface area contributed by atoms with Gasteiger partial charge < -0.3 is 14.4 Å². The molecular formula is C24H25BrN2O3.